The van der Waals surface area contributed by atoms with Gasteiger partial charge in [-0.05, 0) is 18.8 Å². The third-order valence-corrected chi connectivity index (χ3v) is 2.78. The first kappa shape index (κ1) is 7.26. The number of alkyl halides is 1. The van der Waals surface area contributed by atoms with E-state index in [0.29, 0.717) is 11.7 Å². The molecule has 52 valence electrons. The van der Waals surface area contributed by atoms with Crippen LogP contribution in [0.2, 0.25) is 0 Å². The van der Waals surface area contributed by atoms with Gasteiger partial charge in [0, 0.05) is 6.42 Å². The molecule has 1 rings (SSSR count). The zero-order valence-electron chi connectivity index (χ0n) is 5.56. The first-order chi connectivity index (χ1) is 4.20. The molecule has 1 aliphatic carbocycles. The first-order valence-corrected chi connectivity index (χ1v) is 4.28. The number of hydrogen-bond donors (Lipinski definition) is 0. The van der Waals surface area contributed by atoms with Crippen molar-refractivity contribution in [2.24, 2.45) is 5.92 Å². The second kappa shape index (κ2) is 2.82. The van der Waals surface area contributed by atoms with Crippen molar-refractivity contribution in [3.63, 3.8) is 0 Å². The van der Waals surface area contributed by atoms with Crippen LogP contribution >= 0.6 is 15.9 Å². The molecule has 0 heterocycles. The van der Waals surface area contributed by atoms with Crippen molar-refractivity contribution in [2.75, 3.05) is 0 Å². The number of hydrogen-bond acceptors (Lipinski definition) is 1. The maximum absolute atomic E-state index is 11.0. The van der Waals surface area contributed by atoms with E-state index in [2.05, 4.69) is 22.9 Å². The summed E-state index contributed by atoms with van der Waals surface area (Å²) in [5, 5.41) is 0. The minimum Gasteiger partial charge on any atom is -0.298 e. The van der Waals surface area contributed by atoms with Crippen molar-refractivity contribution < 1.29 is 4.79 Å². The molecule has 2 heteroatoms. The average molecular weight is 191 g/mol. The van der Waals surface area contributed by atoms with E-state index >= 15 is 0 Å². The topological polar surface area (TPSA) is 17.1 Å². The van der Waals surface area contributed by atoms with Gasteiger partial charge in [0.15, 0.2) is 0 Å². The normalized spacial score (nSPS) is 36.9. The van der Waals surface area contributed by atoms with E-state index in [-0.39, 0.29) is 4.83 Å². The molecule has 0 radical (unpaired) electrons. The molecule has 9 heavy (non-hydrogen) atoms. The van der Waals surface area contributed by atoms with E-state index in [0.717, 1.165) is 12.8 Å². The second-order valence-electron chi connectivity index (χ2n) is 2.82. The summed E-state index contributed by atoms with van der Waals surface area (Å²) < 4.78 is 0. The van der Waals surface area contributed by atoms with Crippen LogP contribution in [-0.2, 0) is 4.79 Å². The molecule has 0 saturated heterocycles. The Balaban J connectivity index is 2.44. The molecule has 0 aromatic carbocycles. The summed E-state index contributed by atoms with van der Waals surface area (Å²) in [5.41, 5.74) is 0. The second-order valence-corrected chi connectivity index (χ2v) is 3.93. The van der Waals surface area contributed by atoms with Crippen LogP contribution in [0.15, 0.2) is 0 Å². The van der Waals surface area contributed by atoms with Crippen LogP contribution in [0.3, 0.4) is 0 Å². The van der Waals surface area contributed by atoms with Gasteiger partial charge in [0.2, 0.25) is 0 Å². The zero-order valence-corrected chi connectivity index (χ0v) is 7.15. The quantitative estimate of drug-likeness (QED) is 0.536. The molecular weight excluding hydrogens is 180 g/mol. The lowest BCUT2D eigenvalue weighted by molar-refractivity contribution is -0.120. The predicted molar refractivity (Wildman–Crippen MR) is 40.7 cm³/mol. The Labute approximate surface area is 64.0 Å². The number of carbonyl (C=O) groups excluding carboxylic acids is 1. The molecule has 2 atom stereocenters. The van der Waals surface area contributed by atoms with Gasteiger partial charge >= 0.3 is 0 Å². The zero-order chi connectivity index (χ0) is 6.85. The minimum absolute atomic E-state index is 0.161. The summed E-state index contributed by atoms with van der Waals surface area (Å²) in [6.07, 6.45) is 3.00. The van der Waals surface area contributed by atoms with Crippen molar-refractivity contribution in [3.05, 3.63) is 0 Å². The van der Waals surface area contributed by atoms with E-state index in [1.807, 2.05) is 0 Å². The SMILES string of the molecule is CC1CCC(Br)C(=O)C1. The fraction of sp³-hybridized carbons (Fsp3) is 0.857. The van der Waals surface area contributed by atoms with Gasteiger partial charge < -0.3 is 0 Å². The molecule has 0 aliphatic heterocycles. The highest BCUT2D eigenvalue weighted by atomic mass is 79.9. The summed E-state index contributed by atoms with van der Waals surface area (Å²) in [4.78, 5) is 11.1. The molecule has 2 unspecified atom stereocenters. The minimum atomic E-state index is 0.161. The van der Waals surface area contributed by atoms with Crippen LogP contribution in [0, 0.1) is 5.92 Å². The van der Waals surface area contributed by atoms with Crippen molar-refractivity contribution in [2.45, 2.75) is 31.0 Å². The molecule has 0 amide bonds. The van der Waals surface area contributed by atoms with Crippen LogP contribution in [-0.4, -0.2) is 10.6 Å². The maximum Gasteiger partial charge on any atom is 0.146 e. The number of ketones is 1. The van der Waals surface area contributed by atoms with E-state index in [4.69, 9.17) is 0 Å². The Hall–Kier alpha value is 0.150. The Bertz CT molecular complexity index is 122. The molecule has 0 N–H and O–H groups in total. The van der Waals surface area contributed by atoms with E-state index in [1.165, 1.54) is 6.42 Å². The van der Waals surface area contributed by atoms with Crippen LogP contribution in [0.5, 0.6) is 0 Å². The monoisotopic (exact) mass is 190 g/mol. The number of Topliss-reactive ketones (excluding diaryl/α,β-unsaturated/α-hetero) is 1. The fourth-order valence-electron chi connectivity index (χ4n) is 1.17. The van der Waals surface area contributed by atoms with Crippen molar-refractivity contribution in [3.8, 4) is 0 Å². The van der Waals surface area contributed by atoms with Gasteiger partial charge in [-0.25, -0.2) is 0 Å². The summed E-state index contributed by atoms with van der Waals surface area (Å²) in [6, 6.07) is 0. The van der Waals surface area contributed by atoms with E-state index in [9.17, 15) is 4.79 Å². The van der Waals surface area contributed by atoms with E-state index in [1.54, 1.807) is 0 Å². The molecule has 1 fully saturated rings. The lowest BCUT2D eigenvalue weighted by Crippen LogP contribution is -2.23. The average Bonchev–Trinajstić information content (AvgIpc) is 1.80. The highest BCUT2D eigenvalue weighted by Crippen LogP contribution is 2.25. The van der Waals surface area contributed by atoms with Gasteiger partial charge in [0.05, 0.1) is 4.83 Å². The van der Waals surface area contributed by atoms with Crippen LogP contribution in [0.1, 0.15) is 26.2 Å². The lowest BCUT2D eigenvalue weighted by atomic mass is 9.90. The largest absolute Gasteiger partial charge is 0.298 e. The van der Waals surface area contributed by atoms with Crippen molar-refractivity contribution in [1.29, 1.82) is 0 Å². The van der Waals surface area contributed by atoms with Crippen LogP contribution < -0.4 is 0 Å². The molecule has 0 aromatic heterocycles. The van der Waals surface area contributed by atoms with Crippen LogP contribution in [0.25, 0.3) is 0 Å². The molecule has 1 saturated carbocycles. The molecule has 0 aromatic rings. The smallest absolute Gasteiger partial charge is 0.146 e. The standard InChI is InChI=1S/C7H11BrO/c1-5-2-3-6(8)7(9)4-5/h5-6H,2-4H2,1H3. The molecular formula is C7H11BrO. The van der Waals surface area contributed by atoms with Crippen molar-refractivity contribution >= 4 is 21.7 Å². The predicted octanol–water partition coefficient (Wildman–Crippen LogP) is 2.14. The number of halogens is 1. The van der Waals surface area contributed by atoms with Gasteiger partial charge in [-0.1, -0.05) is 22.9 Å². The van der Waals surface area contributed by atoms with Crippen LogP contribution in [0.4, 0.5) is 0 Å². The molecule has 0 spiro atoms. The van der Waals surface area contributed by atoms with Gasteiger partial charge in [-0.2, -0.15) is 0 Å². The summed E-state index contributed by atoms with van der Waals surface area (Å²) in [5.74, 6) is 1.00. The van der Waals surface area contributed by atoms with Crippen molar-refractivity contribution in [1.82, 2.24) is 0 Å². The fourth-order valence-corrected chi connectivity index (χ4v) is 1.62. The molecule has 0 bridgehead atoms. The highest BCUT2D eigenvalue weighted by Gasteiger charge is 2.23. The van der Waals surface area contributed by atoms with E-state index < -0.39 is 0 Å². The number of carbonyl (C=O) groups is 1. The Morgan fingerprint density at radius 1 is 1.56 bits per heavy atom. The lowest BCUT2D eigenvalue weighted by Gasteiger charge is -2.19. The Morgan fingerprint density at radius 2 is 2.22 bits per heavy atom. The van der Waals surface area contributed by atoms with Gasteiger partial charge in [-0.3, -0.25) is 4.79 Å². The summed E-state index contributed by atoms with van der Waals surface area (Å²) in [6.45, 7) is 2.14. The number of rotatable bonds is 0. The highest BCUT2D eigenvalue weighted by molar-refractivity contribution is 9.10. The Morgan fingerprint density at radius 3 is 2.67 bits per heavy atom. The third-order valence-electron chi connectivity index (χ3n) is 1.81. The van der Waals surface area contributed by atoms with Gasteiger partial charge in [0.25, 0.3) is 0 Å². The molecule has 1 nitrogen and oxygen atoms in total. The third kappa shape index (κ3) is 1.78. The first-order valence-electron chi connectivity index (χ1n) is 3.37. The summed E-state index contributed by atoms with van der Waals surface area (Å²) in [7, 11) is 0. The summed E-state index contributed by atoms with van der Waals surface area (Å²) >= 11 is 3.33. The Kier molecular flexibility index (Phi) is 2.28. The van der Waals surface area contributed by atoms with Gasteiger partial charge in [0.1, 0.15) is 5.78 Å². The van der Waals surface area contributed by atoms with Gasteiger partial charge in [-0.15, -0.1) is 0 Å². The molecule has 1 aliphatic rings. The maximum atomic E-state index is 11.0.